The lowest BCUT2D eigenvalue weighted by atomic mass is 10.2. The quantitative estimate of drug-likeness (QED) is 0.462. The second-order valence-corrected chi connectivity index (χ2v) is 4.94. The first kappa shape index (κ1) is 15.0. The average Bonchev–Trinajstić information content (AvgIpc) is 3.27. The van der Waals surface area contributed by atoms with Crippen LogP contribution in [0, 0.1) is 5.92 Å². The first-order valence-corrected chi connectivity index (χ1v) is 6.90. The van der Waals surface area contributed by atoms with E-state index >= 15 is 0 Å². The van der Waals surface area contributed by atoms with Crippen molar-refractivity contribution in [2.24, 2.45) is 5.92 Å². The second-order valence-electron chi connectivity index (χ2n) is 4.94. The number of amides is 2. The van der Waals surface area contributed by atoms with E-state index in [-0.39, 0.29) is 17.7 Å². The van der Waals surface area contributed by atoms with Gasteiger partial charge in [-0.2, -0.15) is 0 Å². The smallest absolute Gasteiger partial charge is 0.308 e. The molecular formula is C15H18N2O4. The van der Waals surface area contributed by atoms with E-state index in [1.54, 1.807) is 18.2 Å². The van der Waals surface area contributed by atoms with E-state index in [2.05, 4.69) is 10.6 Å². The Balaban J connectivity index is 1.76. The monoisotopic (exact) mass is 290 g/mol. The Morgan fingerprint density at radius 1 is 1.19 bits per heavy atom. The average molecular weight is 290 g/mol. The van der Waals surface area contributed by atoms with Crippen molar-refractivity contribution in [2.75, 3.05) is 13.1 Å². The van der Waals surface area contributed by atoms with Crippen LogP contribution in [-0.4, -0.2) is 30.9 Å². The van der Waals surface area contributed by atoms with Gasteiger partial charge in [-0.15, -0.1) is 0 Å². The number of esters is 1. The molecule has 1 aliphatic rings. The number of ether oxygens (including phenoxy) is 1. The third-order valence-electron chi connectivity index (χ3n) is 3.02. The fourth-order valence-corrected chi connectivity index (χ4v) is 1.82. The highest BCUT2D eigenvalue weighted by atomic mass is 16.5. The van der Waals surface area contributed by atoms with Crippen molar-refractivity contribution in [3.8, 4) is 5.75 Å². The van der Waals surface area contributed by atoms with Gasteiger partial charge in [0.05, 0.1) is 0 Å². The zero-order valence-corrected chi connectivity index (χ0v) is 11.8. The maximum Gasteiger partial charge on any atom is 0.308 e. The summed E-state index contributed by atoms with van der Waals surface area (Å²) in [7, 11) is 0. The molecule has 0 bridgehead atoms. The zero-order chi connectivity index (χ0) is 15.2. The Kier molecular flexibility index (Phi) is 4.92. The van der Waals surface area contributed by atoms with Crippen LogP contribution < -0.4 is 15.4 Å². The topological polar surface area (TPSA) is 84.5 Å². The summed E-state index contributed by atoms with van der Waals surface area (Å²) >= 11 is 0. The highest BCUT2D eigenvalue weighted by Crippen LogP contribution is 2.28. The summed E-state index contributed by atoms with van der Waals surface area (Å²) < 4.78 is 4.92. The van der Waals surface area contributed by atoms with Crippen LogP contribution in [0.25, 0.3) is 0 Å². The van der Waals surface area contributed by atoms with Crippen molar-refractivity contribution >= 4 is 17.8 Å². The minimum atomic E-state index is -0.435. The summed E-state index contributed by atoms with van der Waals surface area (Å²) in [6, 6.07) is 6.38. The van der Waals surface area contributed by atoms with Crippen LogP contribution in [0.1, 0.15) is 30.1 Å². The minimum Gasteiger partial charge on any atom is -0.427 e. The lowest BCUT2D eigenvalue weighted by Crippen LogP contribution is -2.35. The van der Waals surface area contributed by atoms with Crippen LogP contribution in [0.4, 0.5) is 0 Å². The number of carbonyl (C=O) groups excluding carboxylic acids is 3. The molecule has 0 spiro atoms. The molecule has 6 heteroatoms. The molecule has 112 valence electrons. The van der Waals surface area contributed by atoms with E-state index in [0.29, 0.717) is 24.4 Å². The molecule has 0 saturated heterocycles. The summed E-state index contributed by atoms with van der Waals surface area (Å²) in [4.78, 5) is 34.2. The number of rotatable bonds is 6. The van der Waals surface area contributed by atoms with Crippen LogP contribution in [0.15, 0.2) is 24.3 Å². The Morgan fingerprint density at radius 2 is 1.90 bits per heavy atom. The Labute approximate surface area is 122 Å². The highest BCUT2D eigenvalue weighted by Gasteiger charge is 2.28. The summed E-state index contributed by atoms with van der Waals surface area (Å²) in [6.45, 7) is 2.06. The molecule has 2 rings (SSSR count). The van der Waals surface area contributed by atoms with E-state index in [1.165, 1.54) is 13.0 Å². The Hall–Kier alpha value is -2.37. The van der Waals surface area contributed by atoms with E-state index in [0.717, 1.165) is 12.8 Å². The van der Waals surface area contributed by atoms with Gasteiger partial charge in [-0.1, -0.05) is 6.07 Å². The molecule has 0 aliphatic heterocycles. The van der Waals surface area contributed by atoms with E-state index in [9.17, 15) is 14.4 Å². The Morgan fingerprint density at radius 3 is 2.57 bits per heavy atom. The van der Waals surface area contributed by atoms with Crippen molar-refractivity contribution in [1.29, 1.82) is 0 Å². The second kappa shape index (κ2) is 6.88. The molecule has 0 heterocycles. The van der Waals surface area contributed by atoms with Gasteiger partial charge in [0.1, 0.15) is 5.75 Å². The van der Waals surface area contributed by atoms with Gasteiger partial charge in [-0.25, -0.2) is 0 Å². The number of hydrogen-bond donors (Lipinski definition) is 2. The van der Waals surface area contributed by atoms with Gasteiger partial charge in [0.15, 0.2) is 0 Å². The molecule has 21 heavy (non-hydrogen) atoms. The number of nitrogens with one attached hydrogen (secondary N) is 2. The van der Waals surface area contributed by atoms with Gasteiger partial charge >= 0.3 is 5.97 Å². The zero-order valence-electron chi connectivity index (χ0n) is 11.8. The first-order chi connectivity index (χ1) is 10.1. The summed E-state index contributed by atoms with van der Waals surface area (Å²) in [6.07, 6.45) is 1.92. The van der Waals surface area contributed by atoms with Crippen LogP contribution in [0.5, 0.6) is 5.75 Å². The van der Waals surface area contributed by atoms with Crippen LogP contribution in [0.2, 0.25) is 0 Å². The molecule has 1 aromatic rings. The molecule has 0 atom stereocenters. The van der Waals surface area contributed by atoms with Gasteiger partial charge in [0.2, 0.25) is 5.91 Å². The predicted molar refractivity (Wildman–Crippen MR) is 75.8 cm³/mol. The van der Waals surface area contributed by atoms with Crippen molar-refractivity contribution in [1.82, 2.24) is 10.6 Å². The van der Waals surface area contributed by atoms with Crippen molar-refractivity contribution < 1.29 is 19.1 Å². The third kappa shape index (κ3) is 4.91. The fourth-order valence-electron chi connectivity index (χ4n) is 1.82. The lowest BCUT2D eigenvalue weighted by Gasteiger charge is -2.08. The molecule has 0 unspecified atom stereocenters. The molecular weight excluding hydrogens is 272 g/mol. The van der Waals surface area contributed by atoms with Crippen LogP contribution >= 0.6 is 0 Å². The lowest BCUT2D eigenvalue weighted by molar-refractivity contribution is -0.131. The highest BCUT2D eigenvalue weighted by molar-refractivity contribution is 5.94. The van der Waals surface area contributed by atoms with E-state index in [4.69, 9.17) is 4.74 Å². The summed E-state index contributed by atoms with van der Waals surface area (Å²) in [5.41, 5.74) is 0.405. The maximum absolute atomic E-state index is 11.9. The van der Waals surface area contributed by atoms with E-state index < -0.39 is 5.97 Å². The van der Waals surface area contributed by atoms with Gasteiger partial charge in [-0.05, 0) is 31.0 Å². The minimum absolute atomic E-state index is 0.0566. The molecule has 0 aromatic heterocycles. The molecule has 2 amide bonds. The predicted octanol–water partition coefficient (Wildman–Crippen LogP) is 0.868. The molecule has 1 aliphatic carbocycles. The molecule has 0 radical (unpaired) electrons. The molecule has 2 N–H and O–H groups in total. The van der Waals surface area contributed by atoms with Crippen molar-refractivity contribution in [3.05, 3.63) is 29.8 Å². The number of carbonyl (C=O) groups is 3. The first-order valence-electron chi connectivity index (χ1n) is 6.90. The molecule has 1 saturated carbocycles. The maximum atomic E-state index is 11.9. The SMILES string of the molecule is CC(=O)Oc1cccc(C(=O)NCCNC(=O)C2CC2)c1. The normalized spacial score (nSPS) is 13.4. The van der Waals surface area contributed by atoms with Crippen molar-refractivity contribution in [3.63, 3.8) is 0 Å². The largest absolute Gasteiger partial charge is 0.427 e. The fraction of sp³-hybridized carbons (Fsp3) is 0.400. The molecule has 1 aromatic carbocycles. The van der Waals surface area contributed by atoms with Gasteiger partial charge in [0, 0.05) is 31.5 Å². The van der Waals surface area contributed by atoms with Gasteiger partial charge < -0.3 is 15.4 Å². The Bertz CT molecular complexity index is 552. The standard InChI is InChI=1S/C15H18N2O4/c1-10(18)21-13-4-2-3-12(9-13)15(20)17-8-7-16-14(19)11-5-6-11/h2-4,9,11H,5-8H2,1H3,(H,16,19)(H,17,20). The van der Waals surface area contributed by atoms with Gasteiger partial charge in [0.25, 0.3) is 5.91 Å². The summed E-state index contributed by atoms with van der Waals surface area (Å²) in [5.74, 6) is -0.153. The third-order valence-corrected chi connectivity index (χ3v) is 3.02. The molecule has 1 fully saturated rings. The van der Waals surface area contributed by atoms with Gasteiger partial charge in [-0.3, -0.25) is 14.4 Å². The van der Waals surface area contributed by atoms with Crippen LogP contribution in [0.3, 0.4) is 0 Å². The van der Waals surface area contributed by atoms with E-state index in [1.807, 2.05) is 0 Å². The number of hydrogen-bond acceptors (Lipinski definition) is 4. The van der Waals surface area contributed by atoms with Crippen molar-refractivity contribution in [2.45, 2.75) is 19.8 Å². The molecule has 6 nitrogen and oxygen atoms in total. The summed E-state index contributed by atoms with van der Waals surface area (Å²) in [5, 5.41) is 5.47. The number of benzene rings is 1. The van der Waals surface area contributed by atoms with Crippen LogP contribution in [-0.2, 0) is 9.59 Å².